The monoisotopic (exact) mass is 509 g/mol. The fraction of sp³-hybridized carbons (Fsp3) is 0.138. The molecule has 0 aliphatic carbocycles. The number of ether oxygens (including phenoxy) is 2. The van der Waals surface area contributed by atoms with Crippen molar-refractivity contribution in [3.05, 3.63) is 107 Å². The number of hydrogen-bond donors (Lipinski definition) is 3. The molecule has 38 heavy (non-hydrogen) atoms. The lowest BCUT2D eigenvalue weighted by Gasteiger charge is -2.31. The van der Waals surface area contributed by atoms with E-state index in [2.05, 4.69) is 21.0 Å². The Balaban J connectivity index is 1.61. The summed E-state index contributed by atoms with van der Waals surface area (Å²) in [6.45, 7) is 1.80. The number of amides is 2. The van der Waals surface area contributed by atoms with E-state index in [0.717, 1.165) is 0 Å². The molecule has 1 aliphatic heterocycles. The van der Waals surface area contributed by atoms with Crippen LogP contribution in [0.1, 0.15) is 28.9 Å². The van der Waals surface area contributed by atoms with Crippen molar-refractivity contribution < 1.29 is 19.1 Å². The number of methoxy groups -OCH3 is 2. The molecule has 2 amide bonds. The quantitative estimate of drug-likeness (QED) is 0.321. The molecule has 192 valence electrons. The summed E-state index contributed by atoms with van der Waals surface area (Å²) < 4.78 is 12.9. The number of carbonyl (C=O) groups is 2. The van der Waals surface area contributed by atoms with Gasteiger partial charge >= 0.3 is 0 Å². The van der Waals surface area contributed by atoms with Crippen molar-refractivity contribution in [1.82, 2.24) is 9.78 Å². The van der Waals surface area contributed by atoms with E-state index in [1.165, 1.54) is 6.20 Å². The minimum atomic E-state index is -0.710. The van der Waals surface area contributed by atoms with Crippen LogP contribution in [0.15, 0.2) is 96.3 Å². The summed E-state index contributed by atoms with van der Waals surface area (Å²) in [5.74, 6) is 0.803. The number of nitrogens with one attached hydrogen (secondary N) is 3. The number of rotatable bonds is 7. The highest BCUT2D eigenvalue weighted by molar-refractivity contribution is 6.09. The number of nitrogens with zero attached hydrogens (tertiary/aromatic N) is 2. The number of carbonyl (C=O) groups excluding carboxylic acids is 2. The van der Waals surface area contributed by atoms with Crippen molar-refractivity contribution in [2.24, 2.45) is 0 Å². The van der Waals surface area contributed by atoms with E-state index < -0.39 is 6.04 Å². The van der Waals surface area contributed by atoms with Gasteiger partial charge in [0.15, 0.2) is 11.5 Å². The summed E-state index contributed by atoms with van der Waals surface area (Å²) in [4.78, 5) is 26.9. The lowest BCUT2D eigenvalue weighted by atomic mass is 9.93. The first-order chi connectivity index (χ1) is 18.5. The van der Waals surface area contributed by atoms with Gasteiger partial charge in [0.05, 0.1) is 26.0 Å². The molecule has 0 radical (unpaired) electrons. The smallest absolute Gasteiger partial charge is 0.261 e. The van der Waals surface area contributed by atoms with Gasteiger partial charge in [-0.2, -0.15) is 5.10 Å². The van der Waals surface area contributed by atoms with Gasteiger partial charge < -0.3 is 25.4 Å². The Morgan fingerprint density at radius 2 is 1.47 bits per heavy atom. The predicted octanol–water partition coefficient (Wildman–Crippen LogP) is 5.08. The highest BCUT2D eigenvalue weighted by Gasteiger charge is 2.37. The summed E-state index contributed by atoms with van der Waals surface area (Å²) >= 11 is 0. The molecular weight excluding hydrogens is 482 g/mol. The SMILES string of the molecule is COc1cccc([C@@H]2C(C(=O)Nc3ccccc3)=C(C)Nc3c(C(=O)Nc4ccccc4)cnn32)c1OC. The molecule has 1 aliphatic rings. The molecule has 0 bridgehead atoms. The molecule has 3 N–H and O–H groups in total. The Morgan fingerprint density at radius 3 is 2.08 bits per heavy atom. The Hall–Kier alpha value is -5.05. The van der Waals surface area contributed by atoms with Crippen LogP contribution in [0.25, 0.3) is 0 Å². The molecule has 0 fully saturated rings. The molecular formula is C29H27N5O4. The van der Waals surface area contributed by atoms with Gasteiger partial charge in [0.1, 0.15) is 17.4 Å². The zero-order valence-corrected chi connectivity index (χ0v) is 21.2. The van der Waals surface area contributed by atoms with Crippen LogP contribution in [0.4, 0.5) is 17.2 Å². The van der Waals surface area contributed by atoms with Crippen molar-refractivity contribution in [3.63, 3.8) is 0 Å². The maximum atomic E-state index is 13.7. The second-order valence-electron chi connectivity index (χ2n) is 8.64. The molecule has 4 aromatic rings. The maximum Gasteiger partial charge on any atom is 0.261 e. The summed E-state index contributed by atoms with van der Waals surface area (Å²) in [5, 5.41) is 13.7. The third-order valence-electron chi connectivity index (χ3n) is 6.30. The fourth-order valence-corrected chi connectivity index (χ4v) is 4.57. The van der Waals surface area contributed by atoms with E-state index in [0.29, 0.717) is 51.1 Å². The van der Waals surface area contributed by atoms with Gasteiger partial charge in [-0.3, -0.25) is 9.59 Å². The molecule has 3 aromatic carbocycles. The molecule has 0 spiro atoms. The van der Waals surface area contributed by atoms with Crippen molar-refractivity contribution in [2.45, 2.75) is 13.0 Å². The predicted molar refractivity (Wildman–Crippen MR) is 146 cm³/mol. The Bertz CT molecular complexity index is 1510. The van der Waals surface area contributed by atoms with Gasteiger partial charge in [0, 0.05) is 22.6 Å². The van der Waals surface area contributed by atoms with Crippen LogP contribution in [0.2, 0.25) is 0 Å². The summed E-state index contributed by atoms with van der Waals surface area (Å²) in [6, 6.07) is 23.1. The lowest BCUT2D eigenvalue weighted by molar-refractivity contribution is -0.113. The lowest BCUT2D eigenvalue weighted by Crippen LogP contribution is -2.32. The third kappa shape index (κ3) is 4.57. The fourth-order valence-electron chi connectivity index (χ4n) is 4.57. The van der Waals surface area contributed by atoms with Gasteiger partial charge in [-0.25, -0.2) is 4.68 Å². The number of allylic oxidation sites excluding steroid dienone is 1. The van der Waals surface area contributed by atoms with Crippen LogP contribution < -0.4 is 25.4 Å². The van der Waals surface area contributed by atoms with Crippen molar-refractivity contribution in [3.8, 4) is 11.5 Å². The zero-order valence-electron chi connectivity index (χ0n) is 21.2. The molecule has 0 saturated heterocycles. The van der Waals surface area contributed by atoms with E-state index >= 15 is 0 Å². The van der Waals surface area contributed by atoms with Crippen LogP contribution in [0.5, 0.6) is 11.5 Å². The minimum Gasteiger partial charge on any atom is -0.493 e. The molecule has 1 aromatic heterocycles. The van der Waals surface area contributed by atoms with Crippen LogP contribution in [-0.4, -0.2) is 35.8 Å². The summed E-state index contributed by atoms with van der Waals surface area (Å²) in [7, 11) is 3.10. The minimum absolute atomic E-state index is 0.312. The maximum absolute atomic E-state index is 13.7. The standard InChI is InChI=1S/C29H27N5O4/c1-18-24(29(36)33-20-13-8-5-9-14-20)25(21-15-10-16-23(37-2)26(21)38-3)34-27(31-18)22(17-30-34)28(35)32-19-11-6-4-7-12-19/h4-17,25,31H,1-3H3,(H,32,35)(H,33,36)/t25-/m1/s1. The van der Waals surface area contributed by atoms with Crippen LogP contribution in [0, 0.1) is 0 Å². The van der Waals surface area contributed by atoms with Crippen molar-refractivity contribution in [1.29, 1.82) is 0 Å². The average molecular weight is 510 g/mol. The molecule has 5 rings (SSSR count). The van der Waals surface area contributed by atoms with Crippen LogP contribution in [-0.2, 0) is 4.79 Å². The molecule has 1 atom stereocenters. The normalized spacial score (nSPS) is 14.2. The second kappa shape index (κ2) is 10.5. The molecule has 9 nitrogen and oxygen atoms in total. The Kier molecular flexibility index (Phi) is 6.82. The zero-order chi connectivity index (χ0) is 26.6. The number of anilines is 3. The number of para-hydroxylation sites is 3. The summed E-state index contributed by atoms with van der Waals surface area (Å²) in [6.07, 6.45) is 1.49. The van der Waals surface area contributed by atoms with E-state index in [-0.39, 0.29) is 11.8 Å². The average Bonchev–Trinajstić information content (AvgIpc) is 3.36. The first-order valence-electron chi connectivity index (χ1n) is 12.0. The largest absolute Gasteiger partial charge is 0.493 e. The highest BCUT2D eigenvalue weighted by Crippen LogP contribution is 2.44. The van der Waals surface area contributed by atoms with Gasteiger partial charge in [-0.1, -0.05) is 48.5 Å². The van der Waals surface area contributed by atoms with Crippen molar-refractivity contribution >= 4 is 29.0 Å². The Labute approximate surface area is 220 Å². The second-order valence-corrected chi connectivity index (χ2v) is 8.64. The first-order valence-corrected chi connectivity index (χ1v) is 12.0. The van der Waals surface area contributed by atoms with E-state index in [1.807, 2.05) is 72.8 Å². The molecule has 9 heteroatoms. The molecule has 0 saturated carbocycles. The van der Waals surface area contributed by atoms with E-state index in [9.17, 15) is 9.59 Å². The third-order valence-corrected chi connectivity index (χ3v) is 6.30. The van der Waals surface area contributed by atoms with Gasteiger partial charge in [-0.05, 0) is 37.3 Å². The number of hydrogen-bond acceptors (Lipinski definition) is 6. The van der Waals surface area contributed by atoms with E-state index in [4.69, 9.17) is 9.47 Å². The van der Waals surface area contributed by atoms with Crippen molar-refractivity contribution in [2.75, 3.05) is 30.2 Å². The highest BCUT2D eigenvalue weighted by atomic mass is 16.5. The van der Waals surface area contributed by atoms with Crippen LogP contribution >= 0.6 is 0 Å². The number of fused-ring (bicyclic) bond motifs is 1. The molecule has 0 unspecified atom stereocenters. The Morgan fingerprint density at radius 1 is 0.842 bits per heavy atom. The first kappa shape index (κ1) is 24.6. The van der Waals surface area contributed by atoms with Gasteiger partial charge in [0.25, 0.3) is 11.8 Å². The molecule has 2 heterocycles. The van der Waals surface area contributed by atoms with Gasteiger partial charge in [-0.15, -0.1) is 0 Å². The topological polar surface area (TPSA) is 107 Å². The number of aromatic nitrogens is 2. The summed E-state index contributed by atoms with van der Waals surface area (Å²) in [5.41, 5.74) is 3.31. The van der Waals surface area contributed by atoms with Crippen LogP contribution in [0.3, 0.4) is 0 Å². The number of benzene rings is 3. The van der Waals surface area contributed by atoms with E-state index in [1.54, 1.807) is 31.9 Å². The van der Waals surface area contributed by atoms with Gasteiger partial charge in [0.2, 0.25) is 0 Å².